The van der Waals surface area contributed by atoms with Crippen LogP contribution in [-0.2, 0) is 22.6 Å². The number of nitrogens with zero attached hydrogens (tertiary/aromatic N) is 3. The number of hydrogen-bond donors (Lipinski definition) is 1. The van der Waals surface area contributed by atoms with Gasteiger partial charge in [-0.2, -0.15) is 5.10 Å². The minimum Gasteiger partial charge on any atom is -0.378 e. The van der Waals surface area contributed by atoms with Crippen LogP contribution >= 0.6 is 0 Å². The lowest BCUT2D eigenvalue weighted by Crippen LogP contribution is -2.39. The van der Waals surface area contributed by atoms with Crippen LogP contribution in [0.1, 0.15) is 37.0 Å². The maximum Gasteiger partial charge on any atom is 0.101 e. The molecule has 0 amide bonds. The topological polar surface area (TPSA) is 51.5 Å². The molecule has 1 N–H and O–H groups in total. The van der Waals surface area contributed by atoms with Crippen molar-refractivity contribution in [3.05, 3.63) is 47.8 Å². The van der Waals surface area contributed by atoms with E-state index in [4.69, 9.17) is 9.47 Å². The predicted octanol–water partition coefficient (Wildman–Crippen LogP) is 2.75. The van der Waals surface area contributed by atoms with Crippen LogP contribution in [0, 0.1) is 0 Å². The Kier molecular flexibility index (Phi) is 6.07. The van der Waals surface area contributed by atoms with Gasteiger partial charge < -0.3 is 19.7 Å². The van der Waals surface area contributed by atoms with E-state index in [0.717, 1.165) is 58.8 Å². The molecule has 4 rings (SSSR count). The van der Waals surface area contributed by atoms with Crippen molar-refractivity contribution in [3.8, 4) is 0 Å². The Balaban J connectivity index is 1.36. The molecule has 3 heterocycles. The lowest BCUT2D eigenvalue weighted by atomic mass is 9.98. The van der Waals surface area contributed by atoms with Crippen LogP contribution in [0.5, 0.6) is 0 Å². The third-order valence-corrected chi connectivity index (χ3v) is 5.51. The summed E-state index contributed by atoms with van der Waals surface area (Å²) in [7, 11) is 0. The monoisotopic (exact) mass is 370 g/mol. The molecule has 0 bridgehead atoms. The number of rotatable bonds is 6. The van der Waals surface area contributed by atoms with Gasteiger partial charge in [0.2, 0.25) is 0 Å². The molecule has 6 nitrogen and oxygen atoms in total. The van der Waals surface area contributed by atoms with Gasteiger partial charge in [-0.15, -0.1) is 0 Å². The van der Waals surface area contributed by atoms with E-state index in [9.17, 15) is 0 Å². The highest BCUT2D eigenvalue weighted by molar-refractivity contribution is 5.47. The first kappa shape index (κ1) is 18.5. The van der Waals surface area contributed by atoms with Gasteiger partial charge in [0.1, 0.15) is 6.10 Å². The van der Waals surface area contributed by atoms with Crippen LogP contribution in [0.3, 0.4) is 0 Å². The Morgan fingerprint density at radius 3 is 2.70 bits per heavy atom. The SMILES string of the molecule is CCn1cc([C@H]2OCCC[C@@H]2NCc2ccc(N3CCOCC3)cc2)cn1. The highest BCUT2D eigenvalue weighted by Crippen LogP contribution is 2.28. The summed E-state index contributed by atoms with van der Waals surface area (Å²) in [6.07, 6.45) is 6.39. The maximum atomic E-state index is 6.09. The van der Waals surface area contributed by atoms with E-state index in [0.29, 0.717) is 6.04 Å². The van der Waals surface area contributed by atoms with E-state index in [1.807, 2.05) is 10.9 Å². The van der Waals surface area contributed by atoms with Gasteiger partial charge in [-0.25, -0.2) is 0 Å². The van der Waals surface area contributed by atoms with Gasteiger partial charge >= 0.3 is 0 Å². The van der Waals surface area contributed by atoms with Gasteiger partial charge in [-0.1, -0.05) is 12.1 Å². The van der Waals surface area contributed by atoms with E-state index < -0.39 is 0 Å². The quantitative estimate of drug-likeness (QED) is 0.847. The van der Waals surface area contributed by atoms with Crippen molar-refractivity contribution >= 4 is 5.69 Å². The number of benzene rings is 1. The van der Waals surface area contributed by atoms with Crippen LogP contribution in [0.2, 0.25) is 0 Å². The van der Waals surface area contributed by atoms with Gasteiger partial charge in [-0.05, 0) is 37.5 Å². The van der Waals surface area contributed by atoms with Gasteiger partial charge in [0.25, 0.3) is 0 Å². The highest BCUT2D eigenvalue weighted by atomic mass is 16.5. The third-order valence-electron chi connectivity index (χ3n) is 5.51. The number of ether oxygens (including phenoxy) is 2. The molecule has 146 valence electrons. The summed E-state index contributed by atoms with van der Waals surface area (Å²) in [5, 5.41) is 8.13. The van der Waals surface area contributed by atoms with Gasteiger partial charge in [0.05, 0.1) is 19.4 Å². The summed E-state index contributed by atoms with van der Waals surface area (Å²) in [4.78, 5) is 2.39. The summed E-state index contributed by atoms with van der Waals surface area (Å²) < 4.78 is 13.5. The zero-order chi connectivity index (χ0) is 18.5. The second-order valence-electron chi connectivity index (χ2n) is 7.32. The number of morpholine rings is 1. The summed E-state index contributed by atoms with van der Waals surface area (Å²) in [5.41, 5.74) is 3.77. The van der Waals surface area contributed by atoms with Crippen molar-refractivity contribution in [2.24, 2.45) is 0 Å². The molecular weight excluding hydrogens is 340 g/mol. The van der Waals surface area contributed by atoms with Crippen molar-refractivity contribution in [1.82, 2.24) is 15.1 Å². The normalized spacial score (nSPS) is 23.5. The lowest BCUT2D eigenvalue weighted by molar-refractivity contribution is -0.0112. The summed E-state index contributed by atoms with van der Waals surface area (Å²) in [6.45, 7) is 8.27. The Labute approximate surface area is 161 Å². The third kappa shape index (κ3) is 4.51. The molecule has 0 radical (unpaired) electrons. The van der Waals surface area contributed by atoms with E-state index in [-0.39, 0.29) is 6.10 Å². The van der Waals surface area contributed by atoms with Crippen molar-refractivity contribution in [1.29, 1.82) is 0 Å². The second-order valence-corrected chi connectivity index (χ2v) is 7.32. The molecule has 0 spiro atoms. The first-order valence-corrected chi connectivity index (χ1v) is 10.1. The first-order valence-electron chi connectivity index (χ1n) is 10.1. The van der Waals surface area contributed by atoms with E-state index in [1.54, 1.807) is 0 Å². The fourth-order valence-electron chi connectivity index (χ4n) is 3.91. The number of anilines is 1. The molecule has 0 saturated carbocycles. The van der Waals surface area contributed by atoms with E-state index in [1.165, 1.54) is 16.8 Å². The van der Waals surface area contributed by atoms with Crippen LogP contribution in [-0.4, -0.2) is 48.7 Å². The number of nitrogens with one attached hydrogen (secondary N) is 1. The molecule has 2 aliphatic heterocycles. The highest BCUT2D eigenvalue weighted by Gasteiger charge is 2.28. The van der Waals surface area contributed by atoms with E-state index >= 15 is 0 Å². The van der Waals surface area contributed by atoms with Gasteiger partial charge in [-0.3, -0.25) is 4.68 Å². The Morgan fingerprint density at radius 2 is 1.96 bits per heavy atom. The lowest BCUT2D eigenvalue weighted by Gasteiger charge is -2.32. The number of aryl methyl sites for hydroxylation is 1. The molecule has 1 aromatic carbocycles. The zero-order valence-corrected chi connectivity index (χ0v) is 16.1. The average Bonchev–Trinajstić information content (AvgIpc) is 3.23. The zero-order valence-electron chi connectivity index (χ0n) is 16.1. The molecule has 2 atom stereocenters. The second kappa shape index (κ2) is 8.87. The first-order chi connectivity index (χ1) is 13.3. The molecule has 2 saturated heterocycles. The maximum absolute atomic E-state index is 6.09. The summed E-state index contributed by atoms with van der Waals surface area (Å²) in [6, 6.07) is 9.23. The minimum atomic E-state index is 0.0895. The summed E-state index contributed by atoms with van der Waals surface area (Å²) >= 11 is 0. The molecular formula is C21H30N4O2. The van der Waals surface area contributed by atoms with Gasteiger partial charge in [0.15, 0.2) is 0 Å². The molecule has 2 aromatic rings. The Hall–Kier alpha value is -1.89. The molecule has 2 fully saturated rings. The average molecular weight is 370 g/mol. The minimum absolute atomic E-state index is 0.0895. The van der Waals surface area contributed by atoms with Gasteiger partial charge in [0, 0.05) is 56.3 Å². The Morgan fingerprint density at radius 1 is 1.15 bits per heavy atom. The van der Waals surface area contributed by atoms with Crippen molar-refractivity contribution in [2.75, 3.05) is 37.8 Å². The predicted molar refractivity (Wildman–Crippen MR) is 106 cm³/mol. The smallest absolute Gasteiger partial charge is 0.101 e. The number of hydrogen-bond acceptors (Lipinski definition) is 5. The largest absolute Gasteiger partial charge is 0.378 e. The molecule has 1 aromatic heterocycles. The van der Waals surface area contributed by atoms with Crippen molar-refractivity contribution < 1.29 is 9.47 Å². The standard InChI is InChI=1S/C21H30N4O2/c1-2-25-16-18(15-23-25)21-20(4-3-11-27-21)22-14-17-5-7-19(8-6-17)24-9-12-26-13-10-24/h5-8,15-16,20-22H,2-4,9-14H2,1H3/t20-,21+/m0/s1. The summed E-state index contributed by atoms with van der Waals surface area (Å²) in [5.74, 6) is 0. The fraction of sp³-hybridized carbons (Fsp3) is 0.571. The van der Waals surface area contributed by atoms with Crippen LogP contribution in [0.15, 0.2) is 36.7 Å². The van der Waals surface area contributed by atoms with Crippen LogP contribution < -0.4 is 10.2 Å². The van der Waals surface area contributed by atoms with Crippen LogP contribution in [0.4, 0.5) is 5.69 Å². The fourth-order valence-corrected chi connectivity index (χ4v) is 3.91. The molecule has 0 unspecified atom stereocenters. The van der Waals surface area contributed by atoms with Crippen LogP contribution in [0.25, 0.3) is 0 Å². The molecule has 0 aliphatic carbocycles. The van der Waals surface area contributed by atoms with E-state index in [2.05, 4.69) is 52.7 Å². The van der Waals surface area contributed by atoms with Crippen molar-refractivity contribution in [3.63, 3.8) is 0 Å². The number of aromatic nitrogens is 2. The van der Waals surface area contributed by atoms with Crippen molar-refractivity contribution in [2.45, 2.75) is 45.0 Å². The molecule has 2 aliphatic rings. The molecule has 27 heavy (non-hydrogen) atoms. The Bertz CT molecular complexity index is 709. The molecule has 6 heteroatoms.